The molecule has 0 spiro atoms. The molecule has 0 aliphatic rings. The van der Waals surface area contributed by atoms with E-state index in [0.717, 1.165) is 41.0 Å². The highest BCUT2D eigenvalue weighted by Crippen LogP contribution is 2.10. The molecule has 0 saturated heterocycles. The molecule has 6 nitrogen and oxygen atoms in total. The fourth-order valence-electron chi connectivity index (χ4n) is 2.23. The number of rotatable bonds is 8. The van der Waals surface area contributed by atoms with E-state index >= 15 is 0 Å². The number of aromatic nitrogens is 1. The monoisotopic (exact) mass is 379 g/mol. The summed E-state index contributed by atoms with van der Waals surface area (Å²) in [7, 11) is 2.01. The van der Waals surface area contributed by atoms with Gasteiger partial charge in [0.1, 0.15) is 0 Å². The first-order valence-electron chi connectivity index (χ1n) is 8.32. The molecule has 0 aromatic carbocycles. The number of aliphatic imine (C=N–C) groups is 1. The van der Waals surface area contributed by atoms with Crippen LogP contribution in [-0.2, 0) is 6.54 Å². The number of thiazole rings is 1. The van der Waals surface area contributed by atoms with Gasteiger partial charge in [0.25, 0.3) is 5.91 Å². The summed E-state index contributed by atoms with van der Waals surface area (Å²) in [6.45, 7) is 6.89. The number of amides is 1. The minimum Gasteiger partial charge on any atom is -0.357 e. The number of aryl methyl sites for hydroxylation is 1. The molecule has 2 heterocycles. The van der Waals surface area contributed by atoms with E-state index in [-0.39, 0.29) is 5.91 Å². The van der Waals surface area contributed by atoms with Crippen LogP contribution in [0.2, 0.25) is 0 Å². The van der Waals surface area contributed by atoms with Crippen LogP contribution in [0.4, 0.5) is 0 Å². The van der Waals surface area contributed by atoms with Crippen molar-refractivity contribution < 1.29 is 4.79 Å². The highest BCUT2D eigenvalue weighted by molar-refractivity contribution is 7.12. The molecule has 0 atom stereocenters. The summed E-state index contributed by atoms with van der Waals surface area (Å²) in [5, 5.41) is 11.3. The first-order chi connectivity index (χ1) is 12.1. The number of hydrogen-bond donors (Lipinski definition) is 2. The number of carbonyl (C=O) groups is 1. The van der Waals surface area contributed by atoms with Crippen molar-refractivity contribution in [2.45, 2.75) is 26.8 Å². The number of carbonyl (C=O) groups excluding carboxylic acids is 1. The molecule has 0 radical (unpaired) electrons. The van der Waals surface area contributed by atoms with Crippen molar-refractivity contribution in [3.05, 3.63) is 38.5 Å². The Morgan fingerprint density at radius 1 is 1.36 bits per heavy atom. The fraction of sp³-hybridized carbons (Fsp3) is 0.471. The molecule has 2 aromatic rings. The first-order valence-corrected chi connectivity index (χ1v) is 10.1. The number of nitrogens with one attached hydrogen (secondary N) is 2. The highest BCUT2D eigenvalue weighted by atomic mass is 32.1. The predicted molar refractivity (Wildman–Crippen MR) is 106 cm³/mol. The standard InChI is InChI=1S/C17H25N5OS2/c1-4-18-17(22(3)11-14-12-25-13(2)21-14)20-9-6-8-19-16(23)15-7-5-10-24-15/h5,7,10,12H,4,6,8-9,11H2,1-3H3,(H,18,20)(H,19,23). The van der Waals surface area contributed by atoms with E-state index < -0.39 is 0 Å². The molecule has 0 saturated carbocycles. The normalized spacial score (nSPS) is 11.4. The summed E-state index contributed by atoms with van der Waals surface area (Å²) >= 11 is 3.11. The van der Waals surface area contributed by atoms with Crippen LogP contribution in [0.15, 0.2) is 27.9 Å². The van der Waals surface area contributed by atoms with Gasteiger partial charge in [0.15, 0.2) is 5.96 Å². The summed E-state index contributed by atoms with van der Waals surface area (Å²) in [5.74, 6) is 0.847. The van der Waals surface area contributed by atoms with E-state index in [0.29, 0.717) is 13.1 Å². The Morgan fingerprint density at radius 2 is 2.20 bits per heavy atom. The maximum absolute atomic E-state index is 11.9. The summed E-state index contributed by atoms with van der Waals surface area (Å²) in [6, 6.07) is 3.71. The van der Waals surface area contributed by atoms with E-state index in [1.54, 1.807) is 11.3 Å². The largest absolute Gasteiger partial charge is 0.357 e. The molecule has 0 bridgehead atoms. The molecule has 0 fully saturated rings. The summed E-state index contributed by atoms with van der Waals surface area (Å²) in [6.07, 6.45) is 0.801. The third-order valence-electron chi connectivity index (χ3n) is 3.39. The van der Waals surface area contributed by atoms with Gasteiger partial charge in [-0.05, 0) is 31.7 Å². The van der Waals surface area contributed by atoms with Crippen molar-refractivity contribution >= 4 is 34.5 Å². The zero-order chi connectivity index (χ0) is 18.1. The van der Waals surface area contributed by atoms with Crippen LogP contribution in [0.3, 0.4) is 0 Å². The molecule has 0 unspecified atom stereocenters. The van der Waals surface area contributed by atoms with E-state index in [9.17, 15) is 4.79 Å². The van der Waals surface area contributed by atoms with Gasteiger partial charge < -0.3 is 15.5 Å². The molecule has 136 valence electrons. The van der Waals surface area contributed by atoms with E-state index in [1.807, 2.05) is 31.5 Å². The van der Waals surface area contributed by atoms with Crippen molar-refractivity contribution in [2.24, 2.45) is 4.99 Å². The quantitative estimate of drug-likeness (QED) is 0.420. The Morgan fingerprint density at radius 3 is 2.84 bits per heavy atom. The second kappa shape index (κ2) is 10.1. The average molecular weight is 380 g/mol. The van der Waals surface area contributed by atoms with Crippen molar-refractivity contribution in [1.82, 2.24) is 20.5 Å². The van der Waals surface area contributed by atoms with Crippen molar-refractivity contribution in [3.63, 3.8) is 0 Å². The first kappa shape index (κ1) is 19.4. The van der Waals surface area contributed by atoms with Gasteiger partial charge in [0.2, 0.25) is 0 Å². The number of guanidine groups is 1. The van der Waals surface area contributed by atoms with Gasteiger partial charge in [-0.25, -0.2) is 4.98 Å². The molecule has 1 amide bonds. The van der Waals surface area contributed by atoms with Gasteiger partial charge in [-0.1, -0.05) is 6.07 Å². The topological polar surface area (TPSA) is 69.6 Å². The van der Waals surface area contributed by atoms with Crippen LogP contribution in [0, 0.1) is 6.92 Å². The second-order valence-corrected chi connectivity index (χ2v) is 7.55. The molecule has 0 aliphatic carbocycles. The van der Waals surface area contributed by atoms with Gasteiger partial charge in [-0.15, -0.1) is 22.7 Å². The highest BCUT2D eigenvalue weighted by Gasteiger charge is 2.09. The molecular formula is C17H25N5OS2. The Bertz CT molecular complexity index is 681. The fourth-order valence-corrected chi connectivity index (χ4v) is 3.47. The maximum atomic E-state index is 11.9. The molecule has 2 aromatic heterocycles. The third-order valence-corrected chi connectivity index (χ3v) is 5.08. The lowest BCUT2D eigenvalue weighted by molar-refractivity contribution is 0.0957. The molecular weight excluding hydrogens is 354 g/mol. The van der Waals surface area contributed by atoms with Gasteiger partial charge in [-0.2, -0.15) is 0 Å². The summed E-state index contributed by atoms with van der Waals surface area (Å²) in [4.78, 5) is 23.8. The molecule has 8 heteroatoms. The third kappa shape index (κ3) is 6.47. The molecule has 2 rings (SSSR count). The lowest BCUT2D eigenvalue weighted by Crippen LogP contribution is -2.38. The average Bonchev–Trinajstić information content (AvgIpc) is 3.25. The summed E-state index contributed by atoms with van der Waals surface area (Å²) in [5.41, 5.74) is 1.05. The lowest BCUT2D eigenvalue weighted by atomic mass is 10.4. The Kier molecular flexibility index (Phi) is 7.87. The van der Waals surface area contributed by atoms with E-state index in [4.69, 9.17) is 0 Å². The minimum absolute atomic E-state index is 0.0121. The van der Waals surface area contributed by atoms with Crippen LogP contribution >= 0.6 is 22.7 Å². The Labute approximate surface area is 157 Å². The maximum Gasteiger partial charge on any atom is 0.261 e. The second-order valence-electron chi connectivity index (χ2n) is 5.54. The van der Waals surface area contributed by atoms with Crippen molar-refractivity contribution in [3.8, 4) is 0 Å². The van der Waals surface area contributed by atoms with Gasteiger partial charge in [0, 0.05) is 32.1 Å². The van der Waals surface area contributed by atoms with Crippen LogP contribution in [-0.4, -0.2) is 48.4 Å². The van der Waals surface area contributed by atoms with E-state index in [2.05, 4.69) is 37.8 Å². The Hall–Kier alpha value is -1.93. The van der Waals surface area contributed by atoms with Crippen LogP contribution in [0.25, 0.3) is 0 Å². The van der Waals surface area contributed by atoms with Crippen LogP contribution in [0.1, 0.15) is 33.7 Å². The zero-order valence-corrected chi connectivity index (χ0v) is 16.5. The van der Waals surface area contributed by atoms with Crippen molar-refractivity contribution in [2.75, 3.05) is 26.7 Å². The molecule has 2 N–H and O–H groups in total. The molecule has 0 aliphatic heterocycles. The van der Waals surface area contributed by atoms with Crippen LogP contribution < -0.4 is 10.6 Å². The zero-order valence-electron chi connectivity index (χ0n) is 14.9. The Balaban J connectivity index is 1.77. The minimum atomic E-state index is -0.0121. The van der Waals surface area contributed by atoms with Crippen molar-refractivity contribution in [1.29, 1.82) is 0 Å². The van der Waals surface area contributed by atoms with Gasteiger partial charge in [0.05, 0.1) is 22.1 Å². The van der Waals surface area contributed by atoms with Crippen LogP contribution in [0.5, 0.6) is 0 Å². The predicted octanol–water partition coefficient (Wildman–Crippen LogP) is 2.73. The molecule has 25 heavy (non-hydrogen) atoms. The number of nitrogens with zero attached hydrogens (tertiary/aromatic N) is 3. The number of thiophene rings is 1. The number of hydrogen-bond acceptors (Lipinski definition) is 5. The van der Waals surface area contributed by atoms with E-state index in [1.165, 1.54) is 11.3 Å². The smallest absolute Gasteiger partial charge is 0.261 e. The SMILES string of the molecule is CCNC(=NCCCNC(=O)c1cccs1)N(C)Cc1csc(C)n1. The van der Waals surface area contributed by atoms with Gasteiger partial charge >= 0.3 is 0 Å². The lowest BCUT2D eigenvalue weighted by Gasteiger charge is -2.21. The summed E-state index contributed by atoms with van der Waals surface area (Å²) < 4.78 is 0. The van der Waals surface area contributed by atoms with Gasteiger partial charge in [-0.3, -0.25) is 9.79 Å².